The Morgan fingerprint density at radius 1 is 1.00 bits per heavy atom. The first-order chi connectivity index (χ1) is 12.0. The molecular formula is C21H26O4. The van der Waals surface area contributed by atoms with E-state index in [0.29, 0.717) is 12.0 Å². The van der Waals surface area contributed by atoms with Crippen molar-refractivity contribution in [1.82, 2.24) is 0 Å². The van der Waals surface area contributed by atoms with Gasteiger partial charge in [0.05, 0.1) is 19.1 Å². The third-order valence-corrected chi connectivity index (χ3v) is 6.46. The lowest BCUT2D eigenvalue weighted by molar-refractivity contribution is -0.153. The minimum absolute atomic E-state index is 0.0704. The minimum Gasteiger partial charge on any atom is -0.465 e. The van der Waals surface area contributed by atoms with Gasteiger partial charge in [-0.15, -0.1) is 0 Å². The number of benzene rings is 1. The van der Waals surface area contributed by atoms with Crippen LogP contribution in [0.5, 0.6) is 0 Å². The Morgan fingerprint density at radius 3 is 2.08 bits per heavy atom. The molecule has 0 heterocycles. The van der Waals surface area contributed by atoms with E-state index in [2.05, 4.69) is 4.74 Å². The standard InChI is InChI=1S/C21H26O4/c1-24-20(23)18-4-2-14(3-5-18)13-25-19(22)12-21-9-15-6-16(10-21)8-17(7-15)11-21/h2-5,15-17H,6-13H2,1H3. The molecule has 4 aliphatic carbocycles. The third kappa shape index (κ3) is 3.44. The lowest BCUT2D eigenvalue weighted by atomic mass is 9.49. The van der Waals surface area contributed by atoms with Crippen LogP contribution in [0.4, 0.5) is 0 Å². The van der Waals surface area contributed by atoms with Gasteiger partial charge < -0.3 is 9.47 Å². The summed E-state index contributed by atoms with van der Waals surface area (Å²) in [6.07, 6.45) is 8.42. The van der Waals surface area contributed by atoms with E-state index in [4.69, 9.17) is 4.74 Å². The fourth-order valence-electron chi connectivity index (χ4n) is 5.88. The first kappa shape index (κ1) is 16.6. The molecule has 0 aliphatic heterocycles. The highest BCUT2D eigenvalue weighted by molar-refractivity contribution is 5.89. The number of hydrogen-bond donors (Lipinski definition) is 0. The summed E-state index contributed by atoms with van der Waals surface area (Å²) in [5.41, 5.74) is 1.62. The average Bonchev–Trinajstić information content (AvgIpc) is 2.58. The Morgan fingerprint density at radius 2 is 1.56 bits per heavy atom. The van der Waals surface area contributed by atoms with Crippen LogP contribution in [0.2, 0.25) is 0 Å². The zero-order chi connectivity index (χ0) is 17.4. The molecule has 4 aliphatic rings. The van der Waals surface area contributed by atoms with Crippen LogP contribution in [0, 0.1) is 23.2 Å². The molecule has 0 atom stereocenters. The lowest BCUT2D eigenvalue weighted by Gasteiger charge is -2.56. The molecule has 0 spiro atoms. The summed E-state index contributed by atoms with van der Waals surface area (Å²) in [5, 5.41) is 0. The van der Waals surface area contributed by atoms with Crippen LogP contribution in [0.3, 0.4) is 0 Å². The highest BCUT2D eigenvalue weighted by Crippen LogP contribution is 2.61. The van der Waals surface area contributed by atoms with Crippen LogP contribution in [-0.2, 0) is 20.9 Å². The molecule has 4 bridgehead atoms. The second kappa shape index (κ2) is 6.47. The minimum atomic E-state index is -0.356. The Balaban J connectivity index is 1.31. The van der Waals surface area contributed by atoms with Crippen LogP contribution in [-0.4, -0.2) is 19.0 Å². The lowest BCUT2D eigenvalue weighted by Crippen LogP contribution is -2.47. The van der Waals surface area contributed by atoms with Gasteiger partial charge in [-0.2, -0.15) is 0 Å². The van der Waals surface area contributed by atoms with Crippen molar-refractivity contribution in [2.45, 2.75) is 51.6 Å². The van der Waals surface area contributed by atoms with E-state index in [9.17, 15) is 9.59 Å². The monoisotopic (exact) mass is 342 g/mol. The topological polar surface area (TPSA) is 52.6 Å². The third-order valence-electron chi connectivity index (χ3n) is 6.46. The van der Waals surface area contributed by atoms with Gasteiger partial charge in [-0.25, -0.2) is 4.79 Å². The molecule has 25 heavy (non-hydrogen) atoms. The van der Waals surface area contributed by atoms with Gasteiger partial charge in [-0.3, -0.25) is 4.79 Å². The number of carbonyl (C=O) groups excluding carboxylic acids is 2. The number of rotatable bonds is 5. The van der Waals surface area contributed by atoms with E-state index in [0.717, 1.165) is 23.3 Å². The maximum Gasteiger partial charge on any atom is 0.337 e. The smallest absolute Gasteiger partial charge is 0.337 e. The van der Waals surface area contributed by atoms with Gasteiger partial charge in [-0.05, 0) is 79.4 Å². The zero-order valence-electron chi connectivity index (χ0n) is 14.8. The second-order valence-electron chi connectivity index (χ2n) is 8.44. The summed E-state index contributed by atoms with van der Waals surface area (Å²) in [6.45, 7) is 0.270. The summed E-state index contributed by atoms with van der Waals surface area (Å²) in [6, 6.07) is 7.02. The summed E-state index contributed by atoms with van der Waals surface area (Å²) < 4.78 is 10.2. The quantitative estimate of drug-likeness (QED) is 0.755. The molecule has 0 unspecified atom stereocenters. The van der Waals surface area contributed by atoms with Crippen molar-refractivity contribution in [3.63, 3.8) is 0 Å². The molecule has 0 saturated heterocycles. The number of esters is 2. The van der Waals surface area contributed by atoms with Gasteiger partial charge in [-0.1, -0.05) is 12.1 Å². The highest BCUT2D eigenvalue weighted by Gasteiger charge is 2.51. The van der Waals surface area contributed by atoms with E-state index >= 15 is 0 Å². The molecule has 0 amide bonds. The van der Waals surface area contributed by atoms with Crippen molar-refractivity contribution in [1.29, 1.82) is 0 Å². The fraction of sp³-hybridized carbons (Fsp3) is 0.619. The Bertz CT molecular complexity index is 626. The summed E-state index contributed by atoms with van der Waals surface area (Å²) in [4.78, 5) is 23.9. The molecule has 1 aromatic rings. The molecule has 0 N–H and O–H groups in total. The fourth-order valence-corrected chi connectivity index (χ4v) is 5.88. The average molecular weight is 342 g/mol. The molecule has 4 nitrogen and oxygen atoms in total. The predicted molar refractivity (Wildman–Crippen MR) is 92.8 cm³/mol. The van der Waals surface area contributed by atoms with Crippen LogP contribution in [0.1, 0.15) is 60.9 Å². The van der Waals surface area contributed by atoms with Crippen molar-refractivity contribution in [2.75, 3.05) is 7.11 Å². The Kier molecular flexibility index (Phi) is 4.30. The van der Waals surface area contributed by atoms with E-state index in [1.54, 1.807) is 12.1 Å². The van der Waals surface area contributed by atoms with Gasteiger partial charge in [0, 0.05) is 0 Å². The molecular weight excluding hydrogens is 316 g/mol. The van der Waals surface area contributed by atoms with E-state index in [1.165, 1.54) is 45.6 Å². The van der Waals surface area contributed by atoms with Crippen molar-refractivity contribution in [3.05, 3.63) is 35.4 Å². The molecule has 134 valence electrons. The molecule has 4 fully saturated rings. The number of ether oxygens (including phenoxy) is 2. The molecule has 0 aromatic heterocycles. The van der Waals surface area contributed by atoms with E-state index in [1.807, 2.05) is 12.1 Å². The maximum absolute atomic E-state index is 12.4. The zero-order valence-corrected chi connectivity index (χ0v) is 14.8. The first-order valence-corrected chi connectivity index (χ1v) is 9.38. The molecule has 4 saturated carbocycles. The molecule has 5 rings (SSSR count). The Labute approximate surface area is 148 Å². The van der Waals surface area contributed by atoms with Gasteiger partial charge in [0.1, 0.15) is 6.61 Å². The van der Waals surface area contributed by atoms with Crippen LogP contribution in [0.25, 0.3) is 0 Å². The largest absolute Gasteiger partial charge is 0.465 e. The van der Waals surface area contributed by atoms with Crippen molar-refractivity contribution < 1.29 is 19.1 Å². The first-order valence-electron chi connectivity index (χ1n) is 9.38. The van der Waals surface area contributed by atoms with E-state index < -0.39 is 0 Å². The summed E-state index contributed by atoms with van der Waals surface area (Å²) >= 11 is 0. The van der Waals surface area contributed by atoms with Gasteiger partial charge >= 0.3 is 11.9 Å². The number of hydrogen-bond acceptors (Lipinski definition) is 4. The maximum atomic E-state index is 12.4. The van der Waals surface area contributed by atoms with E-state index in [-0.39, 0.29) is 24.0 Å². The normalized spacial score (nSPS) is 32.4. The second-order valence-corrected chi connectivity index (χ2v) is 8.44. The summed E-state index contributed by atoms with van der Waals surface area (Å²) in [7, 11) is 1.36. The highest BCUT2D eigenvalue weighted by atomic mass is 16.5. The molecule has 0 radical (unpaired) electrons. The van der Waals surface area contributed by atoms with Crippen molar-refractivity contribution in [3.8, 4) is 0 Å². The molecule has 4 heteroatoms. The summed E-state index contributed by atoms with van der Waals surface area (Å²) in [5.74, 6) is 2.13. The molecule has 1 aromatic carbocycles. The van der Waals surface area contributed by atoms with Gasteiger partial charge in [0.15, 0.2) is 0 Å². The SMILES string of the molecule is COC(=O)c1ccc(COC(=O)CC23CC4CC(CC(C4)C2)C3)cc1. The van der Waals surface area contributed by atoms with Crippen LogP contribution < -0.4 is 0 Å². The van der Waals surface area contributed by atoms with Crippen LogP contribution >= 0.6 is 0 Å². The number of methoxy groups -OCH3 is 1. The van der Waals surface area contributed by atoms with Gasteiger partial charge in [0.2, 0.25) is 0 Å². The Hall–Kier alpha value is -1.84. The van der Waals surface area contributed by atoms with Crippen molar-refractivity contribution in [2.24, 2.45) is 23.2 Å². The predicted octanol–water partition coefficient (Wildman–Crippen LogP) is 4.12. The number of carbonyl (C=O) groups is 2. The van der Waals surface area contributed by atoms with Crippen molar-refractivity contribution >= 4 is 11.9 Å². The van der Waals surface area contributed by atoms with Gasteiger partial charge in [0.25, 0.3) is 0 Å². The van der Waals surface area contributed by atoms with Crippen LogP contribution in [0.15, 0.2) is 24.3 Å².